The zero-order valence-electron chi connectivity index (χ0n) is 11.4. The Morgan fingerprint density at radius 3 is 2.60 bits per heavy atom. The maximum absolute atomic E-state index is 5.92. The second kappa shape index (κ2) is 7.71. The average Bonchev–Trinajstić information content (AvgIpc) is 2.84. The van der Waals surface area contributed by atoms with Crippen molar-refractivity contribution in [3.63, 3.8) is 0 Å². The third-order valence-electron chi connectivity index (χ3n) is 2.55. The maximum atomic E-state index is 5.92. The van der Waals surface area contributed by atoms with E-state index in [0.717, 1.165) is 40.6 Å². The molecule has 0 spiro atoms. The Morgan fingerprint density at radius 2 is 2.00 bits per heavy atom. The van der Waals surface area contributed by atoms with Crippen molar-refractivity contribution in [2.45, 2.75) is 18.5 Å². The van der Waals surface area contributed by atoms with Crippen LogP contribution >= 0.6 is 34.7 Å². The molecule has 0 saturated carbocycles. The number of hydrogen-bond acceptors (Lipinski definition) is 6. The highest BCUT2D eigenvalue weighted by molar-refractivity contribution is 7.98. The van der Waals surface area contributed by atoms with Gasteiger partial charge in [-0.3, -0.25) is 0 Å². The lowest BCUT2D eigenvalue weighted by molar-refractivity contribution is 0.941. The molecule has 2 rings (SSSR count). The molecule has 0 saturated heterocycles. The first kappa shape index (κ1) is 15.4. The van der Waals surface area contributed by atoms with Gasteiger partial charge in [-0.25, -0.2) is 9.97 Å². The van der Waals surface area contributed by atoms with Crippen LogP contribution in [0.4, 0.5) is 11.6 Å². The molecule has 0 aliphatic rings. The van der Waals surface area contributed by atoms with E-state index in [1.165, 1.54) is 16.6 Å². The Morgan fingerprint density at radius 1 is 1.25 bits per heavy atom. The molecule has 2 heterocycles. The minimum atomic E-state index is 0.769. The zero-order valence-corrected chi connectivity index (χ0v) is 13.8. The minimum Gasteiger partial charge on any atom is -0.370 e. The van der Waals surface area contributed by atoms with Gasteiger partial charge in [0, 0.05) is 24.0 Å². The number of nitrogens with zero attached hydrogens (tertiary/aromatic N) is 2. The van der Waals surface area contributed by atoms with Gasteiger partial charge in [-0.15, -0.1) is 11.3 Å². The molecule has 0 aliphatic carbocycles. The van der Waals surface area contributed by atoms with Crippen LogP contribution in [0.3, 0.4) is 0 Å². The van der Waals surface area contributed by atoms with Gasteiger partial charge in [-0.05, 0) is 31.7 Å². The van der Waals surface area contributed by atoms with Crippen LogP contribution in [0.25, 0.3) is 0 Å². The summed E-state index contributed by atoms with van der Waals surface area (Å²) in [6, 6.07) is 5.93. The Labute approximate surface area is 132 Å². The van der Waals surface area contributed by atoms with Crippen molar-refractivity contribution in [3.8, 4) is 0 Å². The molecular formula is C13H17ClN4S2. The summed E-state index contributed by atoms with van der Waals surface area (Å²) in [7, 11) is 0. The van der Waals surface area contributed by atoms with Crippen LogP contribution in [-0.4, -0.2) is 29.3 Å². The Kier molecular flexibility index (Phi) is 5.94. The first-order valence-electron chi connectivity index (χ1n) is 6.36. The third-order valence-corrected chi connectivity index (χ3v) is 4.39. The predicted molar refractivity (Wildman–Crippen MR) is 89.5 cm³/mol. The van der Waals surface area contributed by atoms with Gasteiger partial charge in [0.1, 0.15) is 11.6 Å². The average molecular weight is 329 g/mol. The summed E-state index contributed by atoms with van der Waals surface area (Å²) < 4.78 is 0.834. The summed E-state index contributed by atoms with van der Waals surface area (Å²) in [6.45, 7) is 3.72. The minimum absolute atomic E-state index is 0.769. The second-order valence-corrected chi connectivity index (χ2v) is 6.61. The largest absolute Gasteiger partial charge is 0.370 e. The third kappa shape index (κ3) is 4.54. The quantitative estimate of drug-likeness (QED) is 0.594. The molecule has 7 heteroatoms. The van der Waals surface area contributed by atoms with Gasteiger partial charge < -0.3 is 10.6 Å². The van der Waals surface area contributed by atoms with E-state index < -0.39 is 0 Å². The van der Waals surface area contributed by atoms with Crippen molar-refractivity contribution in [2.24, 2.45) is 0 Å². The molecule has 0 radical (unpaired) electrons. The molecule has 4 nitrogen and oxygen atoms in total. The fourth-order valence-corrected chi connectivity index (χ4v) is 3.14. The molecule has 0 amide bonds. The van der Waals surface area contributed by atoms with E-state index in [2.05, 4.69) is 33.6 Å². The topological polar surface area (TPSA) is 49.8 Å². The predicted octanol–water partition coefficient (Wildman–Crippen LogP) is 4.00. The number of aromatic nitrogens is 2. The SMILES string of the molecule is CCNc1cc(NCCc2ccc(Cl)s2)nc(SC)n1. The molecular weight excluding hydrogens is 312 g/mol. The second-order valence-electron chi connectivity index (χ2n) is 4.04. The van der Waals surface area contributed by atoms with Crippen molar-refractivity contribution in [2.75, 3.05) is 30.0 Å². The lowest BCUT2D eigenvalue weighted by atomic mass is 10.3. The maximum Gasteiger partial charge on any atom is 0.191 e. The van der Waals surface area contributed by atoms with E-state index in [9.17, 15) is 0 Å². The number of nitrogens with one attached hydrogen (secondary N) is 2. The van der Waals surface area contributed by atoms with Gasteiger partial charge in [0.25, 0.3) is 0 Å². The lowest BCUT2D eigenvalue weighted by Crippen LogP contribution is -2.08. The van der Waals surface area contributed by atoms with Crippen molar-refractivity contribution in [1.82, 2.24) is 9.97 Å². The van der Waals surface area contributed by atoms with Crippen LogP contribution in [0.15, 0.2) is 23.4 Å². The number of thiophene rings is 1. The van der Waals surface area contributed by atoms with Crippen LogP contribution in [-0.2, 0) is 6.42 Å². The smallest absolute Gasteiger partial charge is 0.191 e. The number of halogens is 1. The fraction of sp³-hybridized carbons (Fsp3) is 0.385. The molecule has 0 aromatic carbocycles. The van der Waals surface area contributed by atoms with Crippen LogP contribution in [0.2, 0.25) is 4.34 Å². The summed E-state index contributed by atoms with van der Waals surface area (Å²) in [6.07, 6.45) is 2.91. The van der Waals surface area contributed by atoms with Gasteiger partial charge in [-0.2, -0.15) is 0 Å². The number of thioether (sulfide) groups is 1. The number of hydrogen-bond donors (Lipinski definition) is 2. The molecule has 0 aliphatic heterocycles. The first-order valence-corrected chi connectivity index (χ1v) is 8.78. The van der Waals surface area contributed by atoms with E-state index in [4.69, 9.17) is 11.6 Å². The lowest BCUT2D eigenvalue weighted by Gasteiger charge is -2.09. The molecule has 20 heavy (non-hydrogen) atoms. The van der Waals surface area contributed by atoms with E-state index in [1.54, 1.807) is 11.3 Å². The monoisotopic (exact) mass is 328 g/mol. The van der Waals surface area contributed by atoms with Gasteiger partial charge in [-0.1, -0.05) is 23.4 Å². The highest BCUT2D eigenvalue weighted by Gasteiger charge is 2.04. The Hall–Kier alpha value is -0.980. The molecule has 0 fully saturated rings. The van der Waals surface area contributed by atoms with E-state index in [1.807, 2.05) is 18.4 Å². The van der Waals surface area contributed by atoms with Gasteiger partial charge in [0.15, 0.2) is 5.16 Å². The molecule has 0 bridgehead atoms. The summed E-state index contributed by atoms with van der Waals surface area (Å²) >= 11 is 9.07. The normalized spacial score (nSPS) is 10.6. The summed E-state index contributed by atoms with van der Waals surface area (Å²) in [5, 5.41) is 7.32. The van der Waals surface area contributed by atoms with Crippen molar-refractivity contribution >= 4 is 46.3 Å². The van der Waals surface area contributed by atoms with Crippen LogP contribution < -0.4 is 10.6 Å². The number of anilines is 2. The molecule has 2 aromatic heterocycles. The van der Waals surface area contributed by atoms with Gasteiger partial charge in [0.05, 0.1) is 4.34 Å². The first-order chi connectivity index (χ1) is 9.71. The van der Waals surface area contributed by atoms with E-state index >= 15 is 0 Å². The van der Waals surface area contributed by atoms with Crippen molar-refractivity contribution < 1.29 is 0 Å². The molecule has 108 valence electrons. The highest BCUT2D eigenvalue weighted by atomic mass is 35.5. The van der Waals surface area contributed by atoms with Crippen LogP contribution in [0.1, 0.15) is 11.8 Å². The Bertz CT molecular complexity index is 559. The zero-order chi connectivity index (χ0) is 14.4. The van der Waals surface area contributed by atoms with E-state index in [0.29, 0.717) is 0 Å². The van der Waals surface area contributed by atoms with Crippen molar-refractivity contribution in [3.05, 3.63) is 27.4 Å². The summed E-state index contributed by atoms with van der Waals surface area (Å²) in [5.41, 5.74) is 0. The summed E-state index contributed by atoms with van der Waals surface area (Å²) in [5.74, 6) is 1.71. The van der Waals surface area contributed by atoms with E-state index in [-0.39, 0.29) is 0 Å². The Balaban J connectivity index is 1.95. The van der Waals surface area contributed by atoms with Crippen molar-refractivity contribution in [1.29, 1.82) is 0 Å². The van der Waals surface area contributed by atoms with Crippen LogP contribution in [0.5, 0.6) is 0 Å². The van der Waals surface area contributed by atoms with Gasteiger partial charge >= 0.3 is 0 Å². The number of rotatable bonds is 7. The standard InChI is InChI=1S/C13H17ClN4S2/c1-3-15-11-8-12(18-13(17-11)19-2)16-7-6-9-4-5-10(14)20-9/h4-5,8H,3,6-7H2,1-2H3,(H2,15,16,17,18). The molecule has 0 atom stereocenters. The molecule has 0 unspecified atom stereocenters. The molecule has 2 N–H and O–H groups in total. The van der Waals surface area contributed by atoms with Crippen LogP contribution in [0, 0.1) is 0 Å². The van der Waals surface area contributed by atoms with Gasteiger partial charge in [0.2, 0.25) is 0 Å². The fourth-order valence-electron chi connectivity index (χ4n) is 1.68. The highest BCUT2D eigenvalue weighted by Crippen LogP contribution is 2.22. The molecule has 2 aromatic rings. The summed E-state index contributed by atoms with van der Waals surface area (Å²) in [4.78, 5) is 10.1.